The summed E-state index contributed by atoms with van der Waals surface area (Å²) in [7, 11) is 1.63. The molecule has 0 fully saturated rings. The van der Waals surface area contributed by atoms with E-state index in [2.05, 4.69) is 10.4 Å². The minimum atomic E-state index is -5.12. The molecule has 0 aliphatic carbocycles. The van der Waals surface area contributed by atoms with Gasteiger partial charge in [-0.3, -0.25) is 4.68 Å². The smallest absolute Gasteiger partial charge is 0.422 e. The minimum Gasteiger partial charge on any atom is -0.479 e. The predicted octanol–water partition coefficient (Wildman–Crippen LogP) is 0.625. The summed E-state index contributed by atoms with van der Waals surface area (Å²) in [5, 5.41) is 16.0. The lowest BCUT2D eigenvalue weighted by Crippen LogP contribution is -2.63. The molecule has 0 saturated carbocycles. The first-order valence-corrected chi connectivity index (χ1v) is 5.40. The van der Waals surface area contributed by atoms with Gasteiger partial charge in [0.25, 0.3) is 0 Å². The summed E-state index contributed by atoms with van der Waals surface area (Å²) in [6.45, 7) is 0.298. The number of carboxylic acid groups (broad SMARTS) is 1. The highest BCUT2D eigenvalue weighted by Crippen LogP contribution is 2.30. The number of rotatable bonds is 4. The number of carboxylic acids is 1. The van der Waals surface area contributed by atoms with Crippen LogP contribution < -0.4 is 10.6 Å². The summed E-state index contributed by atoms with van der Waals surface area (Å²) in [6, 6.07) is -1.24. The van der Waals surface area contributed by atoms with Crippen molar-refractivity contribution in [1.82, 2.24) is 20.4 Å². The fraction of sp³-hybridized carbons (Fsp3) is 0.500. The second-order valence-corrected chi connectivity index (χ2v) is 4.26. The van der Waals surface area contributed by atoms with Crippen LogP contribution in [-0.4, -0.2) is 38.6 Å². The number of alkyl halides is 3. The summed E-state index contributed by atoms with van der Waals surface area (Å²) < 4.78 is 39.4. The molecule has 1 heterocycles. The monoisotopic (exact) mass is 294 g/mol. The first-order valence-electron chi connectivity index (χ1n) is 5.40. The molecule has 7 nitrogen and oxygen atoms in total. The molecule has 3 N–H and O–H groups in total. The molecule has 112 valence electrons. The van der Waals surface area contributed by atoms with E-state index in [0.29, 0.717) is 12.5 Å². The van der Waals surface area contributed by atoms with E-state index in [1.807, 2.05) is 0 Å². The van der Waals surface area contributed by atoms with Crippen LogP contribution >= 0.6 is 0 Å². The number of nitrogens with zero attached hydrogens (tertiary/aromatic N) is 2. The first kappa shape index (κ1) is 15.8. The second-order valence-electron chi connectivity index (χ2n) is 4.26. The number of carbonyl (C=O) groups is 2. The van der Waals surface area contributed by atoms with Crippen LogP contribution in [0, 0.1) is 0 Å². The summed E-state index contributed by atoms with van der Waals surface area (Å²) >= 11 is 0. The van der Waals surface area contributed by atoms with E-state index in [1.54, 1.807) is 13.2 Å². The Balaban J connectivity index is 2.66. The van der Waals surface area contributed by atoms with Gasteiger partial charge in [0, 0.05) is 25.4 Å². The third kappa shape index (κ3) is 3.39. The summed E-state index contributed by atoms with van der Waals surface area (Å²) in [5.41, 5.74) is -2.79. The molecule has 0 aromatic carbocycles. The molecule has 1 atom stereocenters. The van der Waals surface area contributed by atoms with Gasteiger partial charge in [0.2, 0.25) is 5.54 Å². The Labute approximate surface area is 111 Å². The minimum absolute atomic E-state index is 0.0762. The van der Waals surface area contributed by atoms with Gasteiger partial charge < -0.3 is 15.7 Å². The molecule has 0 spiro atoms. The average Bonchev–Trinajstić information content (AvgIpc) is 2.70. The number of hydrogen-bond donors (Lipinski definition) is 3. The Morgan fingerprint density at radius 1 is 1.45 bits per heavy atom. The number of nitrogens with one attached hydrogen (secondary N) is 2. The number of carbonyl (C=O) groups excluding carboxylic acids is 1. The zero-order chi connectivity index (χ0) is 15.6. The molecule has 0 aliphatic rings. The second kappa shape index (κ2) is 5.39. The highest BCUT2D eigenvalue weighted by molar-refractivity contribution is 5.86. The van der Waals surface area contributed by atoms with Crippen LogP contribution in [0.1, 0.15) is 12.5 Å². The molecule has 10 heteroatoms. The van der Waals surface area contributed by atoms with Crippen molar-refractivity contribution in [3.8, 4) is 0 Å². The third-order valence-corrected chi connectivity index (χ3v) is 2.57. The van der Waals surface area contributed by atoms with E-state index in [4.69, 9.17) is 5.11 Å². The predicted molar refractivity (Wildman–Crippen MR) is 60.7 cm³/mol. The van der Waals surface area contributed by atoms with Crippen LogP contribution in [0.5, 0.6) is 0 Å². The van der Waals surface area contributed by atoms with Crippen molar-refractivity contribution in [2.75, 3.05) is 0 Å². The highest BCUT2D eigenvalue weighted by atomic mass is 19.4. The number of amides is 2. The number of urea groups is 1. The largest absolute Gasteiger partial charge is 0.479 e. The fourth-order valence-electron chi connectivity index (χ4n) is 1.26. The van der Waals surface area contributed by atoms with Gasteiger partial charge in [0.05, 0.1) is 6.20 Å². The van der Waals surface area contributed by atoms with Crippen LogP contribution in [0.2, 0.25) is 0 Å². The number of aryl methyl sites for hydroxylation is 1. The number of halogens is 3. The molecule has 2 amide bonds. The van der Waals surface area contributed by atoms with E-state index in [1.165, 1.54) is 16.2 Å². The van der Waals surface area contributed by atoms with Gasteiger partial charge in [-0.2, -0.15) is 18.3 Å². The third-order valence-electron chi connectivity index (χ3n) is 2.57. The van der Waals surface area contributed by atoms with Crippen LogP contribution in [-0.2, 0) is 18.4 Å². The van der Waals surface area contributed by atoms with Crippen LogP contribution in [0.25, 0.3) is 0 Å². The van der Waals surface area contributed by atoms with Gasteiger partial charge in [-0.25, -0.2) is 9.59 Å². The fourth-order valence-corrected chi connectivity index (χ4v) is 1.26. The molecule has 0 aliphatic heterocycles. The molecule has 0 bridgehead atoms. The zero-order valence-electron chi connectivity index (χ0n) is 10.7. The molecular weight excluding hydrogens is 281 g/mol. The van der Waals surface area contributed by atoms with Gasteiger partial charge in [-0.05, 0) is 6.92 Å². The van der Waals surface area contributed by atoms with Crippen molar-refractivity contribution in [3.63, 3.8) is 0 Å². The number of aliphatic carboxylic acids is 1. The Morgan fingerprint density at radius 3 is 2.45 bits per heavy atom. The maximum Gasteiger partial charge on any atom is 0.422 e. The Bertz CT molecular complexity index is 514. The Kier molecular flexibility index (Phi) is 4.26. The maximum atomic E-state index is 12.6. The molecule has 20 heavy (non-hydrogen) atoms. The van der Waals surface area contributed by atoms with Gasteiger partial charge in [-0.15, -0.1) is 0 Å². The SMILES string of the molecule is Cn1cc(CNC(=O)NC(C)(C(=O)O)C(F)(F)F)cn1. The lowest BCUT2D eigenvalue weighted by Gasteiger charge is -2.28. The van der Waals surface area contributed by atoms with Crippen LogP contribution in [0.4, 0.5) is 18.0 Å². The quantitative estimate of drug-likeness (QED) is 0.758. The molecule has 0 radical (unpaired) electrons. The zero-order valence-corrected chi connectivity index (χ0v) is 10.7. The van der Waals surface area contributed by atoms with Crippen molar-refractivity contribution < 1.29 is 27.9 Å². The lowest BCUT2D eigenvalue weighted by atomic mass is 10.0. The molecule has 0 saturated heterocycles. The molecule has 1 unspecified atom stereocenters. The van der Waals surface area contributed by atoms with E-state index in [-0.39, 0.29) is 6.54 Å². The van der Waals surface area contributed by atoms with Crippen molar-refractivity contribution in [1.29, 1.82) is 0 Å². The maximum absolute atomic E-state index is 12.6. The summed E-state index contributed by atoms with van der Waals surface area (Å²) in [4.78, 5) is 22.1. The van der Waals surface area contributed by atoms with Gasteiger partial charge in [0.15, 0.2) is 0 Å². The summed E-state index contributed by atoms with van der Waals surface area (Å²) in [5.74, 6) is -2.19. The Hall–Kier alpha value is -2.26. The van der Waals surface area contributed by atoms with Gasteiger partial charge in [0.1, 0.15) is 0 Å². The van der Waals surface area contributed by atoms with Crippen molar-refractivity contribution in [2.24, 2.45) is 7.05 Å². The standard InChI is InChI=1S/C10H13F3N4O3/c1-9(7(18)19,10(11,12)13)16-8(20)14-3-6-4-15-17(2)5-6/h4-5H,3H2,1-2H3,(H,18,19)(H2,14,16,20). The van der Waals surface area contributed by atoms with Gasteiger partial charge >= 0.3 is 18.2 Å². The highest BCUT2D eigenvalue weighted by Gasteiger charge is 2.58. The Morgan fingerprint density at radius 2 is 2.05 bits per heavy atom. The summed E-state index contributed by atoms with van der Waals surface area (Å²) in [6.07, 6.45) is -2.15. The number of aromatic nitrogens is 2. The number of hydrogen-bond acceptors (Lipinski definition) is 3. The molecular formula is C10H13F3N4O3. The van der Waals surface area contributed by atoms with Crippen molar-refractivity contribution >= 4 is 12.0 Å². The first-order chi connectivity index (χ1) is 9.06. The topological polar surface area (TPSA) is 96.2 Å². The molecule has 1 rings (SSSR count). The van der Waals surface area contributed by atoms with Crippen LogP contribution in [0.3, 0.4) is 0 Å². The lowest BCUT2D eigenvalue weighted by molar-refractivity contribution is -0.203. The average molecular weight is 294 g/mol. The normalized spacial score (nSPS) is 14.4. The van der Waals surface area contributed by atoms with Crippen molar-refractivity contribution in [3.05, 3.63) is 18.0 Å². The van der Waals surface area contributed by atoms with Crippen molar-refractivity contribution in [2.45, 2.75) is 25.2 Å². The van der Waals surface area contributed by atoms with Gasteiger partial charge in [-0.1, -0.05) is 0 Å². The molecule has 1 aromatic heterocycles. The van der Waals surface area contributed by atoms with E-state index in [9.17, 15) is 22.8 Å². The van der Waals surface area contributed by atoms with Crippen LogP contribution in [0.15, 0.2) is 12.4 Å². The van der Waals surface area contributed by atoms with E-state index >= 15 is 0 Å². The molecule has 1 aromatic rings. The van der Waals surface area contributed by atoms with E-state index in [0.717, 1.165) is 0 Å². The van der Waals surface area contributed by atoms with E-state index < -0.39 is 23.7 Å².